The van der Waals surface area contributed by atoms with E-state index in [2.05, 4.69) is 4.99 Å². The summed E-state index contributed by atoms with van der Waals surface area (Å²) in [6.07, 6.45) is 1.76. The van der Waals surface area contributed by atoms with Gasteiger partial charge in [0.2, 0.25) is 5.75 Å². The largest absolute Gasteiger partial charge is 0.497 e. The Balaban J connectivity index is 2.29. The Labute approximate surface area is 130 Å². The first-order chi connectivity index (χ1) is 10.7. The first-order valence-corrected chi connectivity index (χ1v) is 6.70. The van der Waals surface area contributed by atoms with E-state index in [9.17, 15) is 0 Å². The van der Waals surface area contributed by atoms with Crippen LogP contribution in [-0.2, 0) is 0 Å². The summed E-state index contributed by atoms with van der Waals surface area (Å²) in [5.41, 5.74) is 1.68. The predicted molar refractivity (Wildman–Crippen MR) is 86.3 cm³/mol. The van der Waals surface area contributed by atoms with Crippen LogP contribution in [0.15, 0.2) is 41.4 Å². The molecule has 116 valence electrons. The molecule has 0 aliphatic carbocycles. The molecule has 0 spiro atoms. The zero-order valence-electron chi connectivity index (χ0n) is 13.1. The molecule has 0 aliphatic rings. The lowest BCUT2D eigenvalue weighted by Crippen LogP contribution is -1.94. The third kappa shape index (κ3) is 3.49. The molecule has 0 unspecified atom stereocenters. The summed E-state index contributed by atoms with van der Waals surface area (Å²) in [6, 6.07) is 11.2. The first-order valence-electron chi connectivity index (χ1n) is 6.70. The maximum Gasteiger partial charge on any atom is 0.203 e. The number of hydrogen-bond acceptors (Lipinski definition) is 5. The van der Waals surface area contributed by atoms with E-state index in [1.165, 1.54) is 0 Å². The van der Waals surface area contributed by atoms with Crippen LogP contribution in [0.4, 0.5) is 5.69 Å². The maximum absolute atomic E-state index is 5.31. The highest BCUT2D eigenvalue weighted by molar-refractivity contribution is 5.82. The molecule has 5 heteroatoms. The van der Waals surface area contributed by atoms with E-state index in [1.807, 2.05) is 24.3 Å². The smallest absolute Gasteiger partial charge is 0.203 e. The zero-order valence-corrected chi connectivity index (χ0v) is 13.1. The summed E-state index contributed by atoms with van der Waals surface area (Å²) in [5, 5.41) is 0. The van der Waals surface area contributed by atoms with E-state index < -0.39 is 0 Å². The van der Waals surface area contributed by atoms with Crippen molar-refractivity contribution < 1.29 is 18.9 Å². The highest BCUT2D eigenvalue weighted by atomic mass is 16.5. The third-order valence-corrected chi connectivity index (χ3v) is 3.13. The van der Waals surface area contributed by atoms with Crippen molar-refractivity contribution in [2.75, 3.05) is 28.4 Å². The van der Waals surface area contributed by atoms with Gasteiger partial charge in [0.1, 0.15) is 5.75 Å². The monoisotopic (exact) mass is 301 g/mol. The van der Waals surface area contributed by atoms with Crippen molar-refractivity contribution in [1.82, 2.24) is 0 Å². The van der Waals surface area contributed by atoms with Crippen LogP contribution in [0.25, 0.3) is 0 Å². The van der Waals surface area contributed by atoms with Crippen molar-refractivity contribution in [3.8, 4) is 23.0 Å². The van der Waals surface area contributed by atoms with Gasteiger partial charge in [0.25, 0.3) is 0 Å². The van der Waals surface area contributed by atoms with Gasteiger partial charge in [-0.3, -0.25) is 4.99 Å². The topological polar surface area (TPSA) is 49.3 Å². The quantitative estimate of drug-likeness (QED) is 0.767. The molecular weight excluding hydrogens is 282 g/mol. The van der Waals surface area contributed by atoms with Gasteiger partial charge in [-0.2, -0.15) is 0 Å². The number of methoxy groups -OCH3 is 4. The molecule has 2 aromatic carbocycles. The molecule has 0 N–H and O–H groups in total. The fourth-order valence-corrected chi connectivity index (χ4v) is 1.98. The van der Waals surface area contributed by atoms with Crippen molar-refractivity contribution in [3.05, 3.63) is 42.0 Å². The Morgan fingerprint density at radius 1 is 0.773 bits per heavy atom. The molecular formula is C17H19NO4. The standard InChI is InChI=1S/C17H19NO4/c1-19-14-7-5-12(6-8-14)11-18-13-9-15(20-2)17(22-4)16(10-13)21-3/h5-11H,1-4H3/b18-11+. The van der Waals surface area contributed by atoms with E-state index >= 15 is 0 Å². The summed E-state index contributed by atoms with van der Waals surface area (Å²) < 4.78 is 21.0. The maximum atomic E-state index is 5.31. The average Bonchev–Trinajstić information content (AvgIpc) is 2.59. The molecule has 2 rings (SSSR count). The highest BCUT2D eigenvalue weighted by Crippen LogP contribution is 2.40. The van der Waals surface area contributed by atoms with Gasteiger partial charge in [-0.25, -0.2) is 0 Å². The lowest BCUT2D eigenvalue weighted by atomic mass is 10.2. The van der Waals surface area contributed by atoms with E-state index in [-0.39, 0.29) is 0 Å². The van der Waals surface area contributed by atoms with E-state index in [0.29, 0.717) is 22.9 Å². The molecule has 0 bridgehead atoms. The summed E-state index contributed by atoms with van der Waals surface area (Å²) in [6.45, 7) is 0. The SMILES string of the molecule is COc1ccc(/C=N/c2cc(OC)c(OC)c(OC)c2)cc1. The summed E-state index contributed by atoms with van der Waals surface area (Å²) in [4.78, 5) is 4.44. The van der Waals surface area contributed by atoms with Crippen LogP contribution in [0.5, 0.6) is 23.0 Å². The van der Waals surface area contributed by atoms with Crippen LogP contribution in [0.3, 0.4) is 0 Å². The minimum Gasteiger partial charge on any atom is -0.497 e. The average molecular weight is 301 g/mol. The third-order valence-electron chi connectivity index (χ3n) is 3.13. The second-order valence-corrected chi connectivity index (χ2v) is 4.41. The zero-order chi connectivity index (χ0) is 15.9. The lowest BCUT2D eigenvalue weighted by molar-refractivity contribution is 0.324. The van der Waals surface area contributed by atoms with Gasteiger partial charge in [-0.1, -0.05) is 0 Å². The number of nitrogens with zero attached hydrogens (tertiary/aromatic N) is 1. The highest BCUT2D eigenvalue weighted by Gasteiger charge is 2.12. The van der Waals surface area contributed by atoms with Crippen LogP contribution in [0.1, 0.15) is 5.56 Å². The van der Waals surface area contributed by atoms with Gasteiger partial charge in [0, 0.05) is 18.3 Å². The Hall–Kier alpha value is -2.69. The molecule has 0 fully saturated rings. The first kappa shape index (κ1) is 15.7. The van der Waals surface area contributed by atoms with Crippen LogP contribution in [-0.4, -0.2) is 34.7 Å². The van der Waals surface area contributed by atoms with Gasteiger partial charge in [0.05, 0.1) is 34.1 Å². The molecule has 0 atom stereocenters. The Bertz CT molecular complexity index is 625. The van der Waals surface area contributed by atoms with Gasteiger partial charge in [0.15, 0.2) is 11.5 Å². The molecule has 5 nitrogen and oxygen atoms in total. The van der Waals surface area contributed by atoms with E-state index in [4.69, 9.17) is 18.9 Å². The van der Waals surface area contributed by atoms with Crippen LogP contribution in [0.2, 0.25) is 0 Å². The molecule has 0 amide bonds. The summed E-state index contributed by atoms with van der Waals surface area (Å²) in [7, 11) is 6.36. The van der Waals surface area contributed by atoms with Gasteiger partial charge < -0.3 is 18.9 Å². The van der Waals surface area contributed by atoms with Crippen LogP contribution >= 0.6 is 0 Å². The summed E-state index contributed by atoms with van der Waals surface area (Å²) in [5.74, 6) is 2.51. The molecule has 2 aromatic rings. The van der Waals surface area contributed by atoms with Gasteiger partial charge in [-0.15, -0.1) is 0 Å². The van der Waals surface area contributed by atoms with Gasteiger partial charge in [-0.05, 0) is 29.8 Å². The van der Waals surface area contributed by atoms with Gasteiger partial charge >= 0.3 is 0 Å². The molecule has 0 radical (unpaired) electrons. The molecule has 0 saturated heterocycles. The Morgan fingerprint density at radius 2 is 1.36 bits per heavy atom. The molecule has 0 aromatic heterocycles. The second-order valence-electron chi connectivity index (χ2n) is 4.41. The number of benzene rings is 2. The Kier molecular flexibility index (Phi) is 5.25. The molecule has 0 heterocycles. The molecule has 0 saturated carbocycles. The molecule has 0 aliphatic heterocycles. The van der Waals surface area contributed by atoms with E-state index in [1.54, 1.807) is 46.8 Å². The van der Waals surface area contributed by atoms with Crippen molar-refractivity contribution in [3.63, 3.8) is 0 Å². The number of rotatable bonds is 6. The summed E-state index contributed by atoms with van der Waals surface area (Å²) >= 11 is 0. The van der Waals surface area contributed by atoms with Crippen LogP contribution < -0.4 is 18.9 Å². The van der Waals surface area contributed by atoms with Crippen molar-refractivity contribution in [2.45, 2.75) is 0 Å². The fourth-order valence-electron chi connectivity index (χ4n) is 1.98. The van der Waals surface area contributed by atoms with Crippen molar-refractivity contribution in [2.24, 2.45) is 4.99 Å². The minimum atomic E-state index is 0.549. The van der Waals surface area contributed by atoms with Crippen molar-refractivity contribution >= 4 is 11.9 Å². The number of ether oxygens (including phenoxy) is 4. The fraction of sp³-hybridized carbons (Fsp3) is 0.235. The normalized spacial score (nSPS) is 10.5. The predicted octanol–water partition coefficient (Wildman–Crippen LogP) is 3.47. The van der Waals surface area contributed by atoms with Crippen molar-refractivity contribution in [1.29, 1.82) is 0 Å². The number of aliphatic imine (C=N–C) groups is 1. The lowest BCUT2D eigenvalue weighted by Gasteiger charge is -2.12. The number of hydrogen-bond donors (Lipinski definition) is 0. The minimum absolute atomic E-state index is 0.549. The molecule has 22 heavy (non-hydrogen) atoms. The second kappa shape index (κ2) is 7.36. The van der Waals surface area contributed by atoms with Crippen LogP contribution in [0, 0.1) is 0 Å². The Morgan fingerprint density at radius 3 is 1.82 bits per heavy atom. The van der Waals surface area contributed by atoms with E-state index in [0.717, 1.165) is 11.3 Å².